The number of fused-ring (bicyclic) bond motifs is 1. The topological polar surface area (TPSA) is 79.3 Å². The minimum Gasteiger partial charge on any atom is -0.497 e. The number of benzene rings is 2. The molecule has 0 bridgehead atoms. The second-order valence-electron chi connectivity index (χ2n) is 7.31. The lowest BCUT2D eigenvalue weighted by Crippen LogP contribution is -2.49. The Morgan fingerprint density at radius 2 is 1.93 bits per heavy atom. The largest absolute Gasteiger partial charge is 0.497 e. The molecule has 1 fully saturated rings. The Balaban J connectivity index is 1.61. The van der Waals surface area contributed by atoms with E-state index < -0.39 is 11.5 Å². The molecule has 2 aromatic carbocycles. The molecule has 1 amide bonds. The van der Waals surface area contributed by atoms with Crippen LogP contribution in [0.4, 0.5) is 5.69 Å². The Kier molecular flexibility index (Phi) is 5.36. The predicted molar refractivity (Wildman–Crippen MR) is 107 cm³/mol. The summed E-state index contributed by atoms with van der Waals surface area (Å²) in [5, 5.41) is 11.4. The minimum atomic E-state index is -1.89. The Bertz CT molecular complexity index is 925. The summed E-state index contributed by atoms with van der Waals surface area (Å²) in [6, 6.07) is 13.8. The Morgan fingerprint density at radius 1 is 1.17 bits per heavy atom. The summed E-state index contributed by atoms with van der Waals surface area (Å²) in [4.78, 5) is 29.9. The molecule has 0 saturated carbocycles. The highest BCUT2D eigenvalue weighted by atomic mass is 16.5. The maximum atomic E-state index is 13.3. The molecule has 2 aliphatic heterocycles. The molecule has 0 aromatic heterocycles. The number of nitrogens with zero attached hydrogens (tertiary/aromatic N) is 2. The second kappa shape index (κ2) is 7.94. The van der Waals surface area contributed by atoms with Crippen LogP contribution in [0.25, 0.3) is 0 Å². The Labute approximate surface area is 169 Å². The van der Waals surface area contributed by atoms with E-state index in [0.717, 1.165) is 0 Å². The van der Waals surface area contributed by atoms with E-state index in [4.69, 9.17) is 9.47 Å². The van der Waals surface area contributed by atoms with E-state index in [1.165, 1.54) is 7.11 Å². The summed E-state index contributed by atoms with van der Waals surface area (Å²) in [5.41, 5.74) is -0.377. The summed E-state index contributed by atoms with van der Waals surface area (Å²) in [7, 11) is 1.53. The van der Waals surface area contributed by atoms with Gasteiger partial charge in [0, 0.05) is 24.2 Å². The zero-order valence-corrected chi connectivity index (χ0v) is 16.3. The second-order valence-corrected chi connectivity index (χ2v) is 7.31. The number of rotatable bonds is 6. The van der Waals surface area contributed by atoms with E-state index in [9.17, 15) is 14.7 Å². The molecule has 2 heterocycles. The maximum Gasteiger partial charge on any atom is 0.265 e. The van der Waals surface area contributed by atoms with Crippen molar-refractivity contribution in [1.29, 1.82) is 0 Å². The molecule has 152 valence electrons. The van der Waals surface area contributed by atoms with Crippen LogP contribution in [-0.2, 0) is 15.1 Å². The van der Waals surface area contributed by atoms with E-state index in [1.807, 2.05) is 12.1 Å². The molecule has 1 N–H and O–H groups in total. The van der Waals surface area contributed by atoms with Crippen LogP contribution in [-0.4, -0.2) is 61.8 Å². The number of morpholine rings is 1. The first-order chi connectivity index (χ1) is 14.0. The average Bonchev–Trinajstić information content (AvgIpc) is 2.96. The van der Waals surface area contributed by atoms with Crippen molar-refractivity contribution in [1.82, 2.24) is 4.90 Å². The fourth-order valence-corrected chi connectivity index (χ4v) is 3.89. The monoisotopic (exact) mass is 396 g/mol. The summed E-state index contributed by atoms with van der Waals surface area (Å²) in [5.74, 6) is -0.237. The smallest absolute Gasteiger partial charge is 0.265 e. The van der Waals surface area contributed by atoms with Gasteiger partial charge in [-0.1, -0.05) is 30.3 Å². The number of hydrogen-bond donors (Lipinski definition) is 1. The van der Waals surface area contributed by atoms with Gasteiger partial charge in [-0.25, -0.2) is 0 Å². The third-order valence-corrected chi connectivity index (χ3v) is 5.49. The van der Waals surface area contributed by atoms with Crippen molar-refractivity contribution in [2.75, 3.05) is 45.0 Å². The van der Waals surface area contributed by atoms with Gasteiger partial charge >= 0.3 is 0 Å². The van der Waals surface area contributed by atoms with Crippen molar-refractivity contribution in [2.24, 2.45) is 0 Å². The minimum absolute atomic E-state index is 0.317. The number of aliphatic hydroxyl groups is 1. The van der Waals surface area contributed by atoms with Crippen LogP contribution in [0, 0.1) is 0 Å². The van der Waals surface area contributed by atoms with Crippen molar-refractivity contribution in [3.8, 4) is 5.75 Å². The van der Waals surface area contributed by atoms with Gasteiger partial charge in [0.2, 0.25) is 0 Å². The van der Waals surface area contributed by atoms with Gasteiger partial charge in [0.25, 0.3) is 5.91 Å². The molecule has 2 aliphatic rings. The number of para-hydroxylation sites is 1. The van der Waals surface area contributed by atoms with Crippen molar-refractivity contribution in [2.45, 2.75) is 12.0 Å². The first-order valence-electron chi connectivity index (χ1n) is 9.64. The number of methoxy groups -OCH3 is 1. The molecule has 7 heteroatoms. The number of Topliss-reactive ketones (excluding diaryl/α,β-unsaturated/α-hetero) is 1. The molecule has 7 nitrogen and oxygen atoms in total. The zero-order chi connectivity index (χ0) is 20.4. The molecule has 1 saturated heterocycles. The lowest BCUT2D eigenvalue weighted by Gasteiger charge is -2.31. The number of hydrogen-bond acceptors (Lipinski definition) is 6. The summed E-state index contributed by atoms with van der Waals surface area (Å²) >= 11 is 0. The molecule has 1 unspecified atom stereocenters. The first kappa shape index (κ1) is 19.6. The Hall–Kier alpha value is -2.74. The fraction of sp³-hybridized carbons (Fsp3) is 0.364. The van der Waals surface area contributed by atoms with E-state index in [-0.39, 0.29) is 12.2 Å². The van der Waals surface area contributed by atoms with Gasteiger partial charge in [-0.15, -0.1) is 0 Å². The van der Waals surface area contributed by atoms with Gasteiger partial charge in [0.15, 0.2) is 11.4 Å². The van der Waals surface area contributed by atoms with Crippen LogP contribution in [0.15, 0.2) is 48.5 Å². The van der Waals surface area contributed by atoms with Crippen molar-refractivity contribution in [3.63, 3.8) is 0 Å². The SMILES string of the molecule is COc1cccc(C(=O)CC2(O)C(=O)N(CN3CCOCC3)c3ccccc32)c1. The molecule has 0 spiro atoms. The normalized spacial score (nSPS) is 21.9. The lowest BCUT2D eigenvalue weighted by molar-refractivity contribution is -0.136. The van der Waals surface area contributed by atoms with E-state index >= 15 is 0 Å². The number of carbonyl (C=O) groups is 2. The van der Waals surface area contributed by atoms with Crippen LogP contribution < -0.4 is 9.64 Å². The molecular weight excluding hydrogens is 372 g/mol. The van der Waals surface area contributed by atoms with Gasteiger partial charge in [0.05, 0.1) is 39.1 Å². The summed E-state index contributed by atoms with van der Waals surface area (Å²) in [6.45, 7) is 3.01. The van der Waals surface area contributed by atoms with Crippen molar-refractivity contribution < 1.29 is 24.2 Å². The average molecular weight is 396 g/mol. The van der Waals surface area contributed by atoms with Gasteiger partial charge in [-0.3, -0.25) is 19.4 Å². The van der Waals surface area contributed by atoms with Crippen LogP contribution in [0.2, 0.25) is 0 Å². The molecule has 1 atom stereocenters. The van der Waals surface area contributed by atoms with Crippen molar-refractivity contribution in [3.05, 3.63) is 59.7 Å². The number of amides is 1. The quantitative estimate of drug-likeness (QED) is 0.750. The third kappa shape index (κ3) is 3.64. The molecular formula is C22H24N2O5. The maximum absolute atomic E-state index is 13.3. The number of ketones is 1. The highest BCUT2D eigenvalue weighted by Crippen LogP contribution is 2.43. The summed E-state index contributed by atoms with van der Waals surface area (Å²) in [6.07, 6.45) is -0.324. The lowest BCUT2D eigenvalue weighted by atomic mass is 9.88. The van der Waals surface area contributed by atoms with Crippen molar-refractivity contribution >= 4 is 17.4 Å². The number of carbonyl (C=O) groups excluding carboxylic acids is 2. The van der Waals surface area contributed by atoms with E-state index in [1.54, 1.807) is 41.3 Å². The molecule has 4 rings (SSSR count). The highest BCUT2D eigenvalue weighted by molar-refractivity contribution is 6.10. The van der Waals surface area contributed by atoms with Crippen LogP contribution >= 0.6 is 0 Å². The summed E-state index contributed by atoms with van der Waals surface area (Å²) < 4.78 is 10.5. The van der Waals surface area contributed by atoms with Gasteiger partial charge in [-0.2, -0.15) is 0 Å². The molecule has 2 aromatic rings. The van der Waals surface area contributed by atoms with Gasteiger partial charge < -0.3 is 14.6 Å². The molecule has 0 aliphatic carbocycles. The number of ether oxygens (including phenoxy) is 2. The zero-order valence-electron chi connectivity index (χ0n) is 16.3. The molecule has 0 radical (unpaired) electrons. The van der Waals surface area contributed by atoms with E-state index in [2.05, 4.69) is 4.90 Å². The van der Waals surface area contributed by atoms with Gasteiger partial charge in [-0.05, 0) is 18.2 Å². The third-order valence-electron chi connectivity index (χ3n) is 5.49. The van der Waals surface area contributed by atoms with E-state index in [0.29, 0.717) is 55.5 Å². The standard InChI is InChI=1S/C22H24N2O5/c1-28-17-6-4-5-16(13-17)20(25)14-22(27)18-7-2-3-8-19(18)24(21(22)26)15-23-9-11-29-12-10-23/h2-8,13,27H,9-12,14-15H2,1H3. The van der Waals surface area contributed by atoms with Gasteiger partial charge in [0.1, 0.15) is 5.75 Å². The molecule has 29 heavy (non-hydrogen) atoms. The fourth-order valence-electron chi connectivity index (χ4n) is 3.89. The van der Waals surface area contributed by atoms with Crippen LogP contribution in [0.3, 0.4) is 0 Å². The predicted octanol–water partition coefficient (Wildman–Crippen LogP) is 1.79. The number of anilines is 1. The first-order valence-corrected chi connectivity index (χ1v) is 9.64. The highest BCUT2D eigenvalue weighted by Gasteiger charge is 2.51. The Morgan fingerprint density at radius 3 is 2.69 bits per heavy atom. The van der Waals surface area contributed by atoms with Crippen LogP contribution in [0.5, 0.6) is 5.75 Å². The van der Waals surface area contributed by atoms with Crippen LogP contribution in [0.1, 0.15) is 22.3 Å².